The normalized spacial score (nSPS) is 22.6. The molecule has 0 aliphatic carbocycles. The number of amides is 1. The second kappa shape index (κ2) is 12.2. The number of anilines is 2. The number of nitrogen functional groups attached to an aromatic ring is 1. The maximum atomic E-state index is 17.1. The van der Waals surface area contributed by atoms with E-state index in [9.17, 15) is 18.8 Å². The maximum absolute atomic E-state index is 17.1. The van der Waals surface area contributed by atoms with Crippen molar-refractivity contribution in [1.82, 2.24) is 34.5 Å². The van der Waals surface area contributed by atoms with Crippen LogP contribution in [-0.2, 0) is 4.74 Å². The predicted octanol–water partition coefficient (Wildman–Crippen LogP) is 5.00. The lowest BCUT2D eigenvalue weighted by Gasteiger charge is -2.54. The number of thiophene rings is 1. The van der Waals surface area contributed by atoms with Gasteiger partial charge in [-0.3, -0.25) is 4.90 Å². The Kier molecular flexibility index (Phi) is 7.74. The smallest absolute Gasteiger partial charge is 0.346 e. The van der Waals surface area contributed by atoms with Crippen LogP contribution in [0.4, 0.5) is 28.8 Å². The number of nitrogens with two attached hydrogens (primary N) is 1. The summed E-state index contributed by atoms with van der Waals surface area (Å²) in [5.41, 5.74) is 4.85. The molecule has 0 bridgehead atoms. The van der Waals surface area contributed by atoms with Crippen LogP contribution in [0.3, 0.4) is 0 Å². The summed E-state index contributed by atoms with van der Waals surface area (Å²) in [7, 11) is 0. The minimum absolute atomic E-state index is 0.0146. The maximum Gasteiger partial charge on any atom is 0.346 e. The fourth-order valence-corrected chi connectivity index (χ4v) is 9.56. The molecule has 7 heterocycles. The number of morpholine rings is 1. The number of hydrogen-bond acceptors (Lipinski definition) is 12. The highest BCUT2D eigenvalue weighted by molar-refractivity contribution is 7.23. The summed E-state index contributed by atoms with van der Waals surface area (Å²) in [6.07, 6.45) is 3.64. The number of carbonyl (C=O) groups excluding carboxylic acids is 1. The van der Waals surface area contributed by atoms with Gasteiger partial charge in [0, 0.05) is 35.8 Å². The summed E-state index contributed by atoms with van der Waals surface area (Å²) < 4.78 is 60.3. The van der Waals surface area contributed by atoms with Gasteiger partial charge in [-0.25, -0.2) is 22.9 Å². The molecule has 52 heavy (non-hydrogen) atoms. The van der Waals surface area contributed by atoms with Crippen molar-refractivity contribution in [1.29, 1.82) is 5.26 Å². The largest absolute Gasteiger partial charge is 0.461 e. The van der Waals surface area contributed by atoms with Crippen LogP contribution < -0.4 is 15.4 Å². The Balaban J connectivity index is 1.12. The summed E-state index contributed by atoms with van der Waals surface area (Å²) in [4.78, 5) is 31.8. The lowest BCUT2D eigenvalue weighted by molar-refractivity contribution is -0.112. The zero-order valence-corrected chi connectivity index (χ0v) is 29.1. The predicted molar refractivity (Wildman–Crippen MR) is 186 cm³/mol. The first-order chi connectivity index (χ1) is 25.1. The molecule has 9 rings (SSSR count). The van der Waals surface area contributed by atoms with Gasteiger partial charge < -0.3 is 25.0 Å². The molecule has 13 nitrogen and oxygen atoms in total. The SMILES string of the molecule is N#Cc1c(N)sc2c(F)ccc(-c3c(Cl)cc4c(N5CC6(CN(C(=O)n7cncn7)CCO6)C5)nc(OC[C@@]56CCCN5C[C@H](F)C6)nc4c3F)c12. The molecule has 2 N–H and O–H groups in total. The van der Waals surface area contributed by atoms with Gasteiger partial charge in [0.2, 0.25) is 0 Å². The van der Waals surface area contributed by atoms with Crippen molar-refractivity contribution in [3.8, 4) is 23.2 Å². The van der Waals surface area contributed by atoms with Gasteiger partial charge in [0.15, 0.2) is 5.82 Å². The summed E-state index contributed by atoms with van der Waals surface area (Å²) >= 11 is 7.75. The average molecular weight is 751 g/mol. The minimum atomic E-state index is -0.972. The lowest BCUT2D eigenvalue weighted by atomic mass is 9.91. The summed E-state index contributed by atoms with van der Waals surface area (Å²) in [5.74, 6) is -1.09. The van der Waals surface area contributed by atoms with Gasteiger partial charge in [-0.1, -0.05) is 17.7 Å². The third-order valence-corrected chi connectivity index (χ3v) is 12.0. The van der Waals surface area contributed by atoms with Crippen LogP contribution in [-0.4, -0.2) is 110 Å². The Labute approximate surface area is 303 Å². The average Bonchev–Trinajstić information content (AvgIpc) is 3.91. The first-order valence-corrected chi connectivity index (χ1v) is 17.9. The Morgan fingerprint density at radius 3 is 2.87 bits per heavy atom. The Bertz CT molecular complexity index is 2310. The Hall–Kier alpha value is -4.76. The second-order valence-corrected chi connectivity index (χ2v) is 15.3. The van der Waals surface area contributed by atoms with Crippen molar-refractivity contribution in [3.63, 3.8) is 0 Å². The van der Waals surface area contributed by atoms with Crippen LogP contribution in [0.25, 0.3) is 32.1 Å². The molecule has 4 fully saturated rings. The molecule has 0 unspecified atom stereocenters. The molecule has 1 spiro atoms. The number of alkyl halides is 1. The highest BCUT2D eigenvalue weighted by atomic mass is 35.5. The van der Waals surface area contributed by atoms with E-state index in [-0.39, 0.29) is 72.9 Å². The van der Waals surface area contributed by atoms with Crippen LogP contribution in [0.2, 0.25) is 5.02 Å². The number of halogens is 4. The summed E-state index contributed by atoms with van der Waals surface area (Å²) in [6, 6.07) is 5.68. The molecule has 4 saturated heterocycles. The van der Waals surface area contributed by atoms with E-state index < -0.39 is 28.9 Å². The molecular weight excluding hydrogens is 721 g/mol. The fourth-order valence-electron chi connectivity index (χ4n) is 8.32. The van der Waals surface area contributed by atoms with Crippen molar-refractivity contribution < 1.29 is 27.4 Å². The molecule has 0 radical (unpaired) electrons. The fraction of sp³-hybridized carbons (Fsp3) is 0.412. The molecule has 3 aromatic heterocycles. The number of nitrogens with zero attached hydrogens (tertiary/aromatic N) is 9. The number of ether oxygens (including phenoxy) is 2. The van der Waals surface area contributed by atoms with E-state index in [0.717, 1.165) is 30.7 Å². The molecule has 2 atom stereocenters. The number of benzene rings is 2. The zero-order valence-electron chi connectivity index (χ0n) is 27.5. The van der Waals surface area contributed by atoms with Gasteiger partial charge in [-0.2, -0.15) is 25.0 Å². The van der Waals surface area contributed by atoms with Crippen molar-refractivity contribution in [2.45, 2.75) is 36.6 Å². The van der Waals surface area contributed by atoms with Crippen LogP contribution in [0.1, 0.15) is 24.8 Å². The van der Waals surface area contributed by atoms with Gasteiger partial charge in [0.1, 0.15) is 59.3 Å². The van der Waals surface area contributed by atoms with Gasteiger partial charge in [-0.05, 0) is 37.1 Å². The molecule has 1 amide bonds. The Morgan fingerprint density at radius 2 is 2.08 bits per heavy atom. The first kappa shape index (κ1) is 33.1. The molecule has 268 valence electrons. The number of carbonyl (C=O) groups is 1. The number of nitriles is 1. The van der Waals surface area contributed by atoms with Gasteiger partial charge in [0.05, 0.1) is 47.1 Å². The number of hydrogen-bond donors (Lipinski definition) is 1. The van der Waals surface area contributed by atoms with Gasteiger partial charge in [-0.15, -0.1) is 11.3 Å². The highest BCUT2D eigenvalue weighted by Crippen LogP contribution is 2.47. The highest BCUT2D eigenvalue weighted by Gasteiger charge is 2.51. The van der Waals surface area contributed by atoms with Gasteiger partial charge in [0.25, 0.3) is 0 Å². The number of fused-ring (bicyclic) bond motifs is 3. The van der Waals surface area contributed by atoms with Crippen LogP contribution in [0.5, 0.6) is 6.01 Å². The lowest BCUT2D eigenvalue weighted by Crippen LogP contribution is -2.71. The van der Waals surface area contributed by atoms with E-state index in [0.29, 0.717) is 45.0 Å². The van der Waals surface area contributed by atoms with E-state index >= 15 is 4.39 Å². The van der Waals surface area contributed by atoms with Crippen LogP contribution >= 0.6 is 22.9 Å². The summed E-state index contributed by atoms with van der Waals surface area (Å²) in [6.45, 7) is 2.78. The second-order valence-electron chi connectivity index (χ2n) is 13.8. The quantitative estimate of drug-likeness (QED) is 0.258. The monoisotopic (exact) mass is 750 g/mol. The van der Waals surface area contributed by atoms with E-state index in [1.54, 1.807) is 11.0 Å². The van der Waals surface area contributed by atoms with E-state index in [1.165, 1.54) is 29.5 Å². The van der Waals surface area contributed by atoms with Crippen molar-refractivity contribution in [2.75, 3.05) is 63.1 Å². The molecule has 2 aromatic carbocycles. The molecular formula is C34H30ClF3N10O3S. The van der Waals surface area contributed by atoms with Crippen LogP contribution in [0, 0.1) is 23.0 Å². The Morgan fingerprint density at radius 1 is 1.23 bits per heavy atom. The third kappa shape index (κ3) is 5.14. The number of rotatable bonds is 5. The standard InChI is InChI=1S/C34H30ClF3N10O3S/c35-22-8-20-27(26(38)25(22)19-2-3-23(37)28-24(19)21(10-39)29(40)52-28)43-31(50-15-33-4-1-5-47(33)11-18(36)9-33)44-30(20)46-13-34(14-46)12-45(6-7-51-34)32(49)48-17-41-16-42-48/h2-3,8,16-18H,1,4-7,9,11-15,40H2/t18-,33+/m1/s1. The topological polar surface area (TPSA) is 152 Å². The van der Waals surface area contributed by atoms with E-state index in [2.05, 4.69) is 20.0 Å². The summed E-state index contributed by atoms with van der Waals surface area (Å²) in [5, 5.41) is 14.4. The van der Waals surface area contributed by atoms with Crippen LogP contribution in [0.15, 0.2) is 30.9 Å². The van der Waals surface area contributed by atoms with E-state index in [4.69, 9.17) is 31.8 Å². The molecule has 4 aliphatic heterocycles. The van der Waals surface area contributed by atoms with Crippen molar-refractivity contribution in [2.24, 2.45) is 0 Å². The third-order valence-electron chi connectivity index (χ3n) is 10.7. The molecule has 5 aromatic rings. The number of aromatic nitrogens is 5. The van der Waals surface area contributed by atoms with Crippen molar-refractivity contribution >= 4 is 60.8 Å². The molecule has 0 saturated carbocycles. The zero-order chi connectivity index (χ0) is 35.9. The molecule has 4 aliphatic rings. The van der Waals surface area contributed by atoms with Gasteiger partial charge >= 0.3 is 12.0 Å². The first-order valence-electron chi connectivity index (χ1n) is 16.7. The molecule has 18 heteroatoms. The van der Waals surface area contributed by atoms with E-state index in [1.807, 2.05) is 11.0 Å². The van der Waals surface area contributed by atoms with Crippen molar-refractivity contribution in [3.05, 3.63) is 53.1 Å². The minimum Gasteiger partial charge on any atom is -0.461 e.